The number of carbonyl (C=O) groups is 1. The largest absolute Gasteiger partial charge is 0.484 e. The Morgan fingerprint density at radius 3 is 2.31 bits per heavy atom. The van der Waals surface area contributed by atoms with Crippen molar-refractivity contribution in [3.05, 3.63) is 30.1 Å². The van der Waals surface area contributed by atoms with Crippen LogP contribution in [0.25, 0.3) is 0 Å². The van der Waals surface area contributed by atoms with E-state index in [2.05, 4.69) is 0 Å². The maximum absolute atomic E-state index is 14.0. The number of unbranched alkanes of at least 4 members (excludes halogenated alkanes) is 3. The minimum atomic E-state index is -0.823. The molecular weight excluding hydrogens is 415 g/mol. The van der Waals surface area contributed by atoms with Crippen molar-refractivity contribution in [3.8, 4) is 5.75 Å². The van der Waals surface area contributed by atoms with Crippen LogP contribution in [-0.4, -0.2) is 50.8 Å². The van der Waals surface area contributed by atoms with E-state index in [0.717, 1.165) is 25.7 Å². The fourth-order valence-electron chi connectivity index (χ4n) is 4.86. The van der Waals surface area contributed by atoms with Crippen LogP contribution < -0.4 is 4.74 Å². The molecular formula is C25H39FO6. The Morgan fingerprint density at radius 1 is 1.06 bits per heavy atom. The Balaban J connectivity index is 1.87. The van der Waals surface area contributed by atoms with Gasteiger partial charge in [-0.15, -0.1) is 0 Å². The normalized spacial score (nSPS) is 25.1. The molecule has 4 N–H and O–H groups in total. The number of hydrogen-bond acceptors (Lipinski definition) is 5. The molecule has 0 bridgehead atoms. The van der Waals surface area contributed by atoms with E-state index in [4.69, 9.17) is 9.84 Å². The van der Waals surface area contributed by atoms with E-state index in [0.29, 0.717) is 25.7 Å². The van der Waals surface area contributed by atoms with Crippen LogP contribution in [0, 0.1) is 23.6 Å². The highest BCUT2D eigenvalue weighted by Crippen LogP contribution is 2.39. The van der Waals surface area contributed by atoms with E-state index in [9.17, 15) is 24.5 Å². The Kier molecular flexibility index (Phi) is 10.9. The van der Waals surface area contributed by atoms with Crippen molar-refractivity contribution in [1.82, 2.24) is 0 Å². The Labute approximate surface area is 190 Å². The molecule has 1 aromatic carbocycles. The standard InChI is InChI=1S/C25H39FO6/c1-16(2)25(32-23-11-8-7-10-19(23)26)20(27)14-13-18-17(21(28)15-22(18)29)9-5-3-4-6-12-24(30)31/h7-8,10-11,16-18,20-22,25,27-29H,3-6,9,12-15H2,1-2H3,(H,30,31). The lowest BCUT2D eigenvalue weighted by Gasteiger charge is -2.30. The number of carboxylic acids is 1. The van der Waals surface area contributed by atoms with Crippen LogP contribution in [0.2, 0.25) is 0 Å². The quantitative estimate of drug-likeness (QED) is 0.315. The van der Waals surface area contributed by atoms with Crippen molar-refractivity contribution in [3.63, 3.8) is 0 Å². The van der Waals surface area contributed by atoms with Crippen LogP contribution in [0.4, 0.5) is 4.39 Å². The predicted octanol–water partition coefficient (Wildman–Crippen LogP) is 4.15. The average molecular weight is 455 g/mol. The highest BCUT2D eigenvalue weighted by molar-refractivity contribution is 5.66. The molecule has 1 aromatic rings. The fourth-order valence-corrected chi connectivity index (χ4v) is 4.86. The Morgan fingerprint density at radius 2 is 1.69 bits per heavy atom. The van der Waals surface area contributed by atoms with Gasteiger partial charge in [0, 0.05) is 6.42 Å². The monoisotopic (exact) mass is 454 g/mol. The SMILES string of the molecule is CC(C)C(Oc1ccccc1F)C(O)CCC1C(O)CC(O)C1CCCCCCC(=O)O. The van der Waals surface area contributed by atoms with Gasteiger partial charge in [-0.2, -0.15) is 0 Å². The summed E-state index contributed by atoms with van der Waals surface area (Å²) in [5.74, 6) is -1.33. The van der Waals surface area contributed by atoms with Gasteiger partial charge in [0.1, 0.15) is 6.10 Å². The summed E-state index contributed by atoms with van der Waals surface area (Å²) in [6.07, 6.45) is 2.90. The number of aliphatic hydroxyl groups excluding tert-OH is 3. The molecule has 6 unspecified atom stereocenters. The number of ether oxygens (including phenoxy) is 1. The summed E-state index contributed by atoms with van der Waals surface area (Å²) < 4.78 is 19.8. The molecule has 0 aliphatic heterocycles. The second-order valence-electron chi connectivity index (χ2n) is 9.45. The highest BCUT2D eigenvalue weighted by atomic mass is 19.1. The third-order valence-corrected chi connectivity index (χ3v) is 6.63. The molecule has 1 saturated carbocycles. The van der Waals surface area contributed by atoms with Gasteiger partial charge >= 0.3 is 5.97 Å². The Hall–Kier alpha value is -1.70. The van der Waals surface area contributed by atoms with Gasteiger partial charge in [0.15, 0.2) is 11.6 Å². The first-order valence-electron chi connectivity index (χ1n) is 11.9. The molecule has 0 amide bonds. The van der Waals surface area contributed by atoms with Crippen molar-refractivity contribution in [2.24, 2.45) is 17.8 Å². The zero-order chi connectivity index (χ0) is 23.7. The van der Waals surface area contributed by atoms with E-state index in [1.807, 2.05) is 13.8 Å². The number of hydrogen-bond donors (Lipinski definition) is 4. The summed E-state index contributed by atoms with van der Waals surface area (Å²) in [4.78, 5) is 10.6. The fraction of sp³-hybridized carbons (Fsp3) is 0.720. The summed E-state index contributed by atoms with van der Waals surface area (Å²) >= 11 is 0. The molecule has 2 rings (SSSR count). The van der Waals surface area contributed by atoms with Crippen molar-refractivity contribution in [2.75, 3.05) is 0 Å². The maximum Gasteiger partial charge on any atom is 0.303 e. The van der Waals surface area contributed by atoms with Crippen molar-refractivity contribution in [2.45, 2.75) is 96.1 Å². The van der Waals surface area contributed by atoms with Crippen LogP contribution in [-0.2, 0) is 4.79 Å². The van der Waals surface area contributed by atoms with E-state index < -0.39 is 36.2 Å². The second kappa shape index (κ2) is 13.1. The molecule has 1 aliphatic rings. The number of halogens is 1. The lowest BCUT2D eigenvalue weighted by atomic mass is 9.84. The summed E-state index contributed by atoms with van der Waals surface area (Å²) in [7, 11) is 0. The zero-order valence-corrected chi connectivity index (χ0v) is 19.2. The van der Waals surface area contributed by atoms with Crippen molar-refractivity contribution >= 4 is 5.97 Å². The lowest BCUT2D eigenvalue weighted by molar-refractivity contribution is -0.137. The molecule has 0 spiro atoms. The topological polar surface area (TPSA) is 107 Å². The van der Waals surface area contributed by atoms with Crippen LogP contribution in [0.1, 0.15) is 71.6 Å². The summed E-state index contributed by atoms with van der Waals surface area (Å²) in [5, 5.41) is 40.4. The number of para-hydroxylation sites is 1. The Bertz CT molecular complexity index is 697. The minimum absolute atomic E-state index is 0.0368. The molecule has 0 radical (unpaired) electrons. The molecule has 0 aromatic heterocycles. The molecule has 6 atom stereocenters. The number of aliphatic hydroxyl groups is 3. The van der Waals surface area contributed by atoms with Gasteiger partial charge in [-0.25, -0.2) is 4.39 Å². The number of aliphatic carboxylic acids is 1. The minimum Gasteiger partial charge on any atom is -0.484 e. The van der Waals surface area contributed by atoms with Crippen molar-refractivity contribution in [1.29, 1.82) is 0 Å². The maximum atomic E-state index is 14.0. The van der Waals surface area contributed by atoms with E-state index in [1.54, 1.807) is 18.2 Å². The average Bonchev–Trinajstić information content (AvgIpc) is 3.00. The number of benzene rings is 1. The van der Waals surface area contributed by atoms with E-state index in [-0.39, 0.29) is 29.9 Å². The first-order valence-corrected chi connectivity index (χ1v) is 11.9. The van der Waals surface area contributed by atoms with Crippen LogP contribution in [0.5, 0.6) is 5.75 Å². The zero-order valence-electron chi connectivity index (χ0n) is 19.2. The smallest absolute Gasteiger partial charge is 0.303 e. The first kappa shape index (κ1) is 26.6. The van der Waals surface area contributed by atoms with Crippen molar-refractivity contribution < 1.29 is 34.3 Å². The lowest BCUT2D eigenvalue weighted by Crippen LogP contribution is -2.37. The van der Waals surface area contributed by atoms with Gasteiger partial charge in [0.25, 0.3) is 0 Å². The molecule has 182 valence electrons. The predicted molar refractivity (Wildman–Crippen MR) is 120 cm³/mol. The van der Waals surface area contributed by atoms with E-state index >= 15 is 0 Å². The van der Waals surface area contributed by atoms with Gasteiger partial charge < -0.3 is 25.2 Å². The molecule has 32 heavy (non-hydrogen) atoms. The molecule has 6 nitrogen and oxygen atoms in total. The molecule has 1 aliphatic carbocycles. The van der Waals surface area contributed by atoms with Crippen LogP contribution in [0.3, 0.4) is 0 Å². The van der Waals surface area contributed by atoms with Gasteiger partial charge in [-0.05, 0) is 62.0 Å². The third kappa shape index (κ3) is 8.01. The van der Waals surface area contributed by atoms with Gasteiger partial charge in [-0.3, -0.25) is 4.79 Å². The molecule has 0 saturated heterocycles. The summed E-state index contributed by atoms with van der Waals surface area (Å²) in [6.45, 7) is 3.83. The van der Waals surface area contributed by atoms with E-state index in [1.165, 1.54) is 6.07 Å². The van der Waals surface area contributed by atoms with Gasteiger partial charge in [-0.1, -0.05) is 45.2 Å². The summed E-state index contributed by atoms with van der Waals surface area (Å²) in [5.41, 5.74) is 0. The first-order chi connectivity index (χ1) is 15.2. The number of rotatable bonds is 14. The number of carboxylic acid groups (broad SMARTS) is 1. The van der Waals surface area contributed by atoms with Gasteiger partial charge in [0.05, 0.1) is 18.3 Å². The van der Waals surface area contributed by atoms with Crippen LogP contribution in [0.15, 0.2) is 24.3 Å². The second-order valence-corrected chi connectivity index (χ2v) is 9.45. The van der Waals surface area contributed by atoms with Gasteiger partial charge in [0.2, 0.25) is 0 Å². The van der Waals surface area contributed by atoms with Crippen LogP contribution >= 0.6 is 0 Å². The molecule has 7 heteroatoms. The molecule has 0 heterocycles. The third-order valence-electron chi connectivity index (χ3n) is 6.63. The summed E-state index contributed by atoms with van der Waals surface area (Å²) in [6, 6.07) is 6.13. The highest BCUT2D eigenvalue weighted by Gasteiger charge is 2.41. The molecule has 1 fully saturated rings.